The molecule has 1 aromatic heterocycles. The number of ether oxygens (including phenoxy) is 2. The van der Waals surface area contributed by atoms with Gasteiger partial charge in [-0.1, -0.05) is 0 Å². The van der Waals surface area contributed by atoms with E-state index in [1.54, 1.807) is 23.1 Å². The molecule has 1 aromatic carbocycles. The third-order valence-electron chi connectivity index (χ3n) is 5.28. The van der Waals surface area contributed by atoms with Crippen LogP contribution in [0.3, 0.4) is 0 Å². The summed E-state index contributed by atoms with van der Waals surface area (Å²) in [5.74, 6) is 0.842. The van der Waals surface area contributed by atoms with Gasteiger partial charge in [0, 0.05) is 37.9 Å². The minimum absolute atomic E-state index is 0.104. The molecule has 8 nitrogen and oxygen atoms in total. The van der Waals surface area contributed by atoms with Crippen molar-refractivity contribution in [2.24, 2.45) is 0 Å². The fourth-order valence-corrected chi connectivity index (χ4v) is 3.54. The van der Waals surface area contributed by atoms with Crippen LogP contribution >= 0.6 is 0 Å². The smallest absolute Gasteiger partial charge is 0.417 e. The number of hydrogen-bond acceptors (Lipinski definition) is 6. The van der Waals surface area contributed by atoms with E-state index in [4.69, 9.17) is 9.47 Å². The van der Waals surface area contributed by atoms with Crippen LogP contribution < -0.4 is 19.7 Å². The number of carbonyl (C=O) groups is 2. The first-order valence-corrected chi connectivity index (χ1v) is 10.0. The molecule has 1 saturated heterocycles. The van der Waals surface area contributed by atoms with E-state index in [1.165, 1.54) is 6.07 Å². The Morgan fingerprint density at radius 2 is 1.84 bits per heavy atom. The van der Waals surface area contributed by atoms with Crippen molar-refractivity contribution in [2.75, 3.05) is 44.4 Å². The van der Waals surface area contributed by atoms with Gasteiger partial charge in [-0.05, 0) is 36.8 Å². The molecule has 170 valence electrons. The molecule has 1 N–H and O–H groups in total. The lowest BCUT2D eigenvalue weighted by Gasteiger charge is -2.23. The fraction of sp³-hybridized carbons (Fsp3) is 0.381. The minimum Gasteiger partial charge on any atom is -0.454 e. The van der Waals surface area contributed by atoms with Gasteiger partial charge in [-0.25, -0.2) is 4.98 Å². The number of pyridine rings is 1. The van der Waals surface area contributed by atoms with Gasteiger partial charge in [0.25, 0.3) is 5.91 Å². The number of aromatic nitrogens is 1. The van der Waals surface area contributed by atoms with E-state index in [9.17, 15) is 22.8 Å². The maximum absolute atomic E-state index is 12.7. The molecule has 0 atom stereocenters. The third-order valence-corrected chi connectivity index (χ3v) is 5.28. The highest BCUT2D eigenvalue weighted by Crippen LogP contribution is 2.32. The summed E-state index contributed by atoms with van der Waals surface area (Å²) in [4.78, 5) is 32.3. The van der Waals surface area contributed by atoms with Crippen LogP contribution in [-0.4, -0.2) is 61.2 Å². The van der Waals surface area contributed by atoms with Gasteiger partial charge in [0.15, 0.2) is 11.5 Å². The maximum atomic E-state index is 12.7. The number of halogens is 3. The third kappa shape index (κ3) is 4.87. The van der Waals surface area contributed by atoms with Gasteiger partial charge in [-0.2, -0.15) is 13.2 Å². The zero-order valence-corrected chi connectivity index (χ0v) is 17.0. The van der Waals surface area contributed by atoms with Crippen molar-refractivity contribution in [3.63, 3.8) is 0 Å². The van der Waals surface area contributed by atoms with Crippen molar-refractivity contribution in [3.8, 4) is 11.5 Å². The Labute approximate surface area is 181 Å². The molecule has 2 aromatic rings. The molecule has 32 heavy (non-hydrogen) atoms. The SMILES string of the molecule is O=C(NCC(=O)N1CCCN(c2ccc(C(F)(F)F)cn2)CC1)c1ccc2c(c1)OCO2. The number of carbonyl (C=O) groups excluding carboxylic acids is 2. The Morgan fingerprint density at radius 3 is 2.59 bits per heavy atom. The molecule has 2 aliphatic heterocycles. The quantitative estimate of drug-likeness (QED) is 0.770. The molecule has 0 aliphatic carbocycles. The molecule has 0 saturated carbocycles. The van der Waals surface area contributed by atoms with E-state index in [0.29, 0.717) is 55.5 Å². The predicted octanol–water partition coefficient (Wildman–Crippen LogP) is 2.30. The van der Waals surface area contributed by atoms with Crippen LogP contribution in [0.2, 0.25) is 0 Å². The molecule has 0 radical (unpaired) electrons. The molecule has 1 fully saturated rings. The van der Waals surface area contributed by atoms with Crippen molar-refractivity contribution in [1.29, 1.82) is 0 Å². The minimum atomic E-state index is -4.43. The second kappa shape index (κ2) is 8.93. The zero-order valence-electron chi connectivity index (χ0n) is 17.0. The Bertz CT molecular complexity index is 998. The molecule has 3 heterocycles. The van der Waals surface area contributed by atoms with Crippen LogP contribution in [0.25, 0.3) is 0 Å². The van der Waals surface area contributed by atoms with Gasteiger partial charge in [-0.15, -0.1) is 0 Å². The number of amides is 2. The summed E-state index contributed by atoms with van der Waals surface area (Å²) < 4.78 is 48.6. The van der Waals surface area contributed by atoms with Crippen LogP contribution in [0.4, 0.5) is 19.0 Å². The van der Waals surface area contributed by atoms with Crippen molar-refractivity contribution < 1.29 is 32.2 Å². The number of nitrogens with zero attached hydrogens (tertiary/aromatic N) is 3. The number of hydrogen-bond donors (Lipinski definition) is 1. The van der Waals surface area contributed by atoms with Crippen LogP contribution in [0.15, 0.2) is 36.5 Å². The number of benzene rings is 1. The van der Waals surface area contributed by atoms with Crippen molar-refractivity contribution in [1.82, 2.24) is 15.2 Å². The summed E-state index contributed by atoms with van der Waals surface area (Å²) in [6, 6.07) is 7.13. The molecular formula is C21H21F3N4O4. The van der Waals surface area contributed by atoms with Crippen molar-refractivity contribution in [2.45, 2.75) is 12.6 Å². The Hall–Kier alpha value is -3.50. The molecule has 0 unspecified atom stereocenters. The normalized spacial score (nSPS) is 16.0. The Morgan fingerprint density at radius 1 is 1.03 bits per heavy atom. The average molecular weight is 450 g/mol. The largest absolute Gasteiger partial charge is 0.454 e. The highest BCUT2D eigenvalue weighted by atomic mass is 19.4. The zero-order chi connectivity index (χ0) is 22.7. The van der Waals surface area contributed by atoms with E-state index in [0.717, 1.165) is 12.3 Å². The molecule has 0 spiro atoms. The number of alkyl halides is 3. The topological polar surface area (TPSA) is 84.0 Å². The predicted molar refractivity (Wildman–Crippen MR) is 108 cm³/mol. The lowest BCUT2D eigenvalue weighted by molar-refractivity contribution is -0.137. The van der Waals surface area contributed by atoms with Crippen molar-refractivity contribution in [3.05, 3.63) is 47.7 Å². The summed E-state index contributed by atoms with van der Waals surface area (Å²) >= 11 is 0. The van der Waals surface area contributed by atoms with E-state index >= 15 is 0 Å². The standard InChI is InChI=1S/C21H21F3N4O4/c22-21(23,24)15-3-5-18(25-11-15)27-6-1-7-28(9-8-27)19(29)12-26-20(30)14-2-4-16-17(10-14)32-13-31-16/h2-5,10-11H,1,6-9,12-13H2,(H,26,30). The first-order valence-electron chi connectivity index (χ1n) is 10.0. The highest BCUT2D eigenvalue weighted by molar-refractivity contribution is 5.97. The van der Waals surface area contributed by atoms with Crippen LogP contribution in [0.1, 0.15) is 22.3 Å². The Balaban J connectivity index is 1.29. The number of rotatable bonds is 4. The average Bonchev–Trinajstić information content (AvgIpc) is 3.11. The van der Waals surface area contributed by atoms with E-state index < -0.39 is 17.6 Å². The maximum Gasteiger partial charge on any atom is 0.417 e. The van der Waals surface area contributed by atoms with Crippen LogP contribution in [0, 0.1) is 0 Å². The van der Waals surface area contributed by atoms with Crippen LogP contribution in [-0.2, 0) is 11.0 Å². The lowest BCUT2D eigenvalue weighted by Crippen LogP contribution is -2.42. The number of anilines is 1. The van der Waals surface area contributed by atoms with Gasteiger partial charge >= 0.3 is 6.18 Å². The molecule has 4 rings (SSSR count). The van der Waals surface area contributed by atoms with Gasteiger partial charge in [0.05, 0.1) is 12.1 Å². The first kappa shape index (κ1) is 21.7. The monoisotopic (exact) mass is 450 g/mol. The molecule has 0 bridgehead atoms. The molecular weight excluding hydrogens is 429 g/mol. The molecule has 2 amide bonds. The molecule has 2 aliphatic rings. The summed E-state index contributed by atoms with van der Waals surface area (Å²) in [6.45, 7) is 1.79. The van der Waals surface area contributed by atoms with Gasteiger partial charge < -0.3 is 24.6 Å². The van der Waals surface area contributed by atoms with Crippen molar-refractivity contribution >= 4 is 17.6 Å². The van der Waals surface area contributed by atoms with Crippen LogP contribution in [0.5, 0.6) is 11.5 Å². The first-order chi connectivity index (χ1) is 15.3. The number of nitrogens with one attached hydrogen (secondary N) is 1. The van der Waals surface area contributed by atoms with Gasteiger partial charge in [-0.3, -0.25) is 9.59 Å². The fourth-order valence-electron chi connectivity index (χ4n) is 3.54. The second-order valence-corrected chi connectivity index (χ2v) is 7.37. The summed E-state index contributed by atoms with van der Waals surface area (Å²) in [7, 11) is 0. The summed E-state index contributed by atoms with van der Waals surface area (Å²) in [5, 5.41) is 2.61. The van der Waals surface area contributed by atoms with E-state index in [-0.39, 0.29) is 19.2 Å². The summed E-state index contributed by atoms with van der Waals surface area (Å²) in [6.07, 6.45) is -2.99. The van der Waals surface area contributed by atoms with Gasteiger partial charge in [0.1, 0.15) is 5.82 Å². The molecule has 11 heteroatoms. The van der Waals surface area contributed by atoms with E-state index in [1.807, 2.05) is 4.90 Å². The van der Waals surface area contributed by atoms with E-state index in [2.05, 4.69) is 10.3 Å². The highest BCUT2D eigenvalue weighted by Gasteiger charge is 2.31. The Kier molecular flexibility index (Phi) is 6.06. The number of fused-ring (bicyclic) bond motifs is 1. The lowest BCUT2D eigenvalue weighted by atomic mass is 10.2. The second-order valence-electron chi connectivity index (χ2n) is 7.37. The van der Waals surface area contributed by atoms with Gasteiger partial charge in [0.2, 0.25) is 12.7 Å². The summed E-state index contributed by atoms with van der Waals surface area (Å²) in [5.41, 5.74) is -0.441.